The van der Waals surface area contributed by atoms with Gasteiger partial charge in [-0.25, -0.2) is 4.98 Å². The molecule has 3 nitrogen and oxygen atoms in total. The zero-order valence-corrected chi connectivity index (χ0v) is 9.65. The maximum Gasteiger partial charge on any atom is 0.127 e. The summed E-state index contributed by atoms with van der Waals surface area (Å²) in [4.78, 5) is 4.89. The lowest BCUT2D eigenvalue weighted by Crippen LogP contribution is -2.12. The van der Waals surface area contributed by atoms with E-state index in [-0.39, 0.29) is 0 Å². The molecule has 4 rings (SSSR count). The summed E-state index contributed by atoms with van der Waals surface area (Å²) in [5.74, 6) is 3.74. The van der Waals surface area contributed by atoms with Gasteiger partial charge in [-0.15, -0.1) is 0 Å². The van der Waals surface area contributed by atoms with E-state index in [9.17, 15) is 0 Å². The van der Waals surface area contributed by atoms with Gasteiger partial charge in [0.2, 0.25) is 0 Å². The second kappa shape index (κ2) is 3.02. The Hall–Kier alpha value is -0.990. The van der Waals surface area contributed by atoms with Crippen LogP contribution in [-0.2, 0) is 0 Å². The molecule has 0 unspecified atom stereocenters. The highest BCUT2D eigenvalue weighted by Crippen LogP contribution is 2.49. The molecule has 1 aromatic heterocycles. The Balaban J connectivity index is 1.78. The fourth-order valence-corrected chi connectivity index (χ4v) is 2.81. The molecule has 1 heterocycles. The van der Waals surface area contributed by atoms with Crippen molar-refractivity contribution in [3.8, 4) is 0 Å². The molecule has 3 fully saturated rings. The number of nitrogens with two attached hydrogens (primary N) is 1. The van der Waals surface area contributed by atoms with Crippen molar-refractivity contribution in [2.75, 3.05) is 5.73 Å². The molecule has 1 aromatic rings. The molecule has 0 amide bonds. The second-order valence-electron chi connectivity index (χ2n) is 5.74. The minimum absolute atomic E-state index is 0.678. The quantitative estimate of drug-likeness (QED) is 0.846. The zero-order chi connectivity index (χ0) is 10.7. The summed E-state index contributed by atoms with van der Waals surface area (Å²) in [6.07, 6.45) is 9.24. The van der Waals surface area contributed by atoms with Crippen LogP contribution in [0, 0.1) is 0 Å². The van der Waals surface area contributed by atoms with Gasteiger partial charge in [-0.1, -0.05) is 6.42 Å². The van der Waals surface area contributed by atoms with Crippen LogP contribution in [0.4, 0.5) is 5.82 Å². The predicted molar refractivity (Wildman–Crippen MR) is 63.5 cm³/mol. The Morgan fingerprint density at radius 1 is 1.00 bits per heavy atom. The lowest BCUT2D eigenvalue weighted by atomic mass is 9.83. The number of anilines is 1. The minimum Gasteiger partial charge on any atom is -0.384 e. The van der Waals surface area contributed by atoms with Crippen LogP contribution in [0.1, 0.15) is 74.3 Å². The lowest BCUT2D eigenvalue weighted by molar-refractivity contribution is 0.413. The lowest BCUT2D eigenvalue weighted by Gasteiger charge is -2.24. The molecule has 3 aliphatic rings. The Kier molecular flexibility index (Phi) is 1.72. The van der Waals surface area contributed by atoms with E-state index in [1.165, 1.54) is 56.5 Å². The van der Waals surface area contributed by atoms with Gasteiger partial charge in [-0.05, 0) is 38.5 Å². The summed E-state index contributed by atoms with van der Waals surface area (Å²) >= 11 is 0. The molecule has 3 saturated carbocycles. The van der Waals surface area contributed by atoms with Gasteiger partial charge in [0.25, 0.3) is 0 Å². The van der Waals surface area contributed by atoms with Gasteiger partial charge in [0.1, 0.15) is 11.6 Å². The molecular weight excluding hydrogens is 198 g/mol. The van der Waals surface area contributed by atoms with Crippen molar-refractivity contribution in [3.63, 3.8) is 0 Å². The highest BCUT2D eigenvalue weighted by Gasteiger charge is 2.38. The average molecular weight is 217 g/mol. The van der Waals surface area contributed by atoms with Crippen LogP contribution in [0.2, 0.25) is 0 Å². The molecule has 0 aliphatic heterocycles. The van der Waals surface area contributed by atoms with Crippen molar-refractivity contribution in [2.24, 2.45) is 0 Å². The number of nitrogen functional groups attached to an aromatic ring is 1. The fourth-order valence-electron chi connectivity index (χ4n) is 2.81. The molecule has 3 aliphatic carbocycles. The normalized spacial score (nSPS) is 25.8. The van der Waals surface area contributed by atoms with E-state index in [4.69, 9.17) is 10.7 Å². The van der Waals surface area contributed by atoms with E-state index in [0.717, 1.165) is 11.7 Å². The average Bonchev–Trinajstić information content (AvgIpc) is 3.07. The number of imidazole rings is 1. The molecule has 16 heavy (non-hydrogen) atoms. The van der Waals surface area contributed by atoms with E-state index in [1.54, 1.807) is 0 Å². The zero-order valence-electron chi connectivity index (χ0n) is 9.65. The minimum atomic E-state index is 0.678. The smallest absolute Gasteiger partial charge is 0.127 e. The van der Waals surface area contributed by atoms with Crippen molar-refractivity contribution in [3.05, 3.63) is 11.5 Å². The first-order chi connectivity index (χ1) is 7.84. The summed E-state index contributed by atoms with van der Waals surface area (Å²) in [7, 11) is 0. The van der Waals surface area contributed by atoms with Gasteiger partial charge in [0.15, 0.2) is 0 Å². The summed E-state index contributed by atoms with van der Waals surface area (Å²) in [6, 6.07) is 0.692. The van der Waals surface area contributed by atoms with E-state index >= 15 is 0 Å². The Morgan fingerprint density at radius 2 is 1.75 bits per heavy atom. The molecule has 0 atom stereocenters. The first-order valence-corrected chi connectivity index (χ1v) is 6.72. The molecule has 0 bridgehead atoms. The number of hydrogen-bond donors (Lipinski definition) is 1. The van der Waals surface area contributed by atoms with E-state index in [0.29, 0.717) is 12.0 Å². The molecular formula is C13H19N3. The van der Waals surface area contributed by atoms with Gasteiger partial charge in [0.05, 0.1) is 5.69 Å². The third-order valence-corrected chi connectivity index (χ3v) is 4.35. The molecule has 0 spiro atoms. The topological polar surface area (TPSA) is 43.8 Å². The van der Waals surface area contributed by atoms with Crippen LogP contribution < -0.4 is 5.73 Å². The van der Waals surface area contributed by atoms with Crippen LogP contribution in [-0.4, -0.2) is 9.55 Å². The van der Waals surface area contributed by atoms with Crippen LogP contribution in [0.3, 0.4) is 0 Å². The number of aromatic nitrogens is 2. The molecule has 2 N–H and O–H groups in total. The van der Waals surface area contributed by atoms with Crippen molar-refractivity contribution in [2.45, 2.75) is 62.8 Å². The van der Waals surface area contributed by atoms with Crippen molar-refractivity contribution in [1.29, 1.82) is 0 Å². The van der Waals surface area contributed by atoms with Gasteiger partial charge < -0.3 is 10.3 Å². The largest absolute Gasteiger partial charge is 0.384 e. The number of hydrogen-bond acceptors (Lipinski definition) is 2. The third-order valence-electron chi connectivity index (χ3n) is 4.35. The molecule has 3 heteroatoms. The first-order valence-electron chi connectivity index (χ1n) is 6.72. The molecule has 0 radical (unpaired) electrons. The Morgan fingerprint density at radius 3 is 2.25 bits per heavy atom. The van der Waals surface area contributed by atoms with Crippen LogP contribution in [0.15, 0.2) is 0 Å². The Labute approximate surface area is 96.0 Å². The van der Waals surface area contributed by atoms with Gasteiger partial charge in [-0.2, -0.15) is 0 Å². The fraction of sp³-hybridized carbons (Fsp3) is 0.769. The summed E-state index contributed by atoms with van der Waals surface area (Å²) < 4.78 is 2.38. The van der Waals surface area contributed by atoms with Crippen LogP contribution in [0.5, 0.6) is 0 Å². The van der Waals surface area contributed by atoms with Crippen LogP contribution in [0.25, 0.3) is 0 Å². The summed E-state index contributed by atoms with van der Waals surface area (Å²) in [5.41, 5.74) is 7.56. The van der Waals surface area contributed by atoms with Gasteiger partial charge in [0, 0.05) is 17.9 Å². The highest BCUT2D eigenvalue weighted by atomic mass is 15.2. The third kappa shape index (κ3) is 1.23. The first kappa shape index (κ1) is 9.08. The maximum atomic E-state index is 6.32. The van der Waals surface area contributed by atoms with E-state index in [2.05, 4.69) is 4.57 Å². The van der Waals surface area contributed by atoms with Crippen molar-refractivity contribution in [1.82, 2.24) is 9.55 Å². The maximum absolute atomic E-state index is 6.32. The summed E-state index contributed by atoms with van der Waals surface area (Å²) in [5, 5.41) is 0. The number of rotatable bonds is 3. The highest BCUT2D eigenvalue weighted by molar-refractivity contribution is 5.44. The van der Waals surface area contributed by atoms with Crippen molar-refractivity contribution >= 4 is 5.82 Å². The monoisotopic (exact) mass is 217 g/mol. The van der Waals surface area contributed by atoms with Gasteiger partial charge >= 0.3 is 0 Å². The molecule has 86 valence electrons. The Bertz CT molecular complexity index is 423. The van der Waals surface area contributed by atoms with Crippen LogP contribution >= 0.6 is 0 Å². The predicted octanol–water partition coefficient (Wildman–Crippen LogP) is 2.95. The second-order valence-corrected chi connectivity index (χ2v) is 5.74. The SMILES string of the molecule is Nc1c(C2CCC2)nc(C2CC2)n1C1CC1. The standard InChI is InChI=1S/C13H19N3/c14-12-11(8-2-1-3-8)15-13(9-4-5-9)16(12)10-6-7-10/h8-10H,1-7,14H2. The molecule has 0 saturated heterocycles. The van der Waals surface area contributed by atoms with E-state index < -0.39 is 0 Å². The molecule has 0 aromatic carbocycles. The summed E-state index contributed by atoms with van der Waals surface area (Å²) in [6.45, 7) is 0. The number of nitrogens with zero attached hydrogens (tertiary/aromatic N) is 2. The van der Waals surface area contributed by atoms with Crippen molar-refractivity contribution < 1.29 is 0 Å². The van der Waals surface area contributed by atoms with E-state index in [1.807, 2.05) is 0 Å². The van der Waals surface area contributed by atoms with Gasteiger partial charge in [-0.3, -0.25) is 0 Å².